The summed E-state index contributed by atoms with van der Waals surface area (Å²) in [5.41, 5.74) is -0.192. The average molecular weight is 336 g/mol. The Kier molecular flexibility index (Phi) is 4.98. The van der Waals surface area contributed by atoms with E-state index in [2.05, 4.69) is 10.6 Å². The highest BCUT2D eigenvalue weighted by atomic mass is 19.1. The van der Waals surface area contributed by atoms with Crippen LogP contribution < -0.4 is 15.4 Å². The van der Waals surface area contributed by atoms with Crippen molar-refractivity contribution >= 4 is 23.2 Å². The van der Waals surface area contributed by atoms with Crippen LogP contribution in [0, 0.1) is 11.6 Å². The van der Waals surface area contributed by atoms with Crippen molar-refractivity contribution in [1.82, 2.24) is 0 Å². The van der Waals surface area contributed by atoms with Crippen molar-refractivity contribution in [2.45, 2.75) is 6.92 Å². The standard InChI is InChI=1S/C16H14F2N2O4/c1-8(21)19-10-3-4-14(24-2)12(7-10)20-16(23)15-11(18)5-9(17)6-13(15)22/h3-7,22H,1-2H3,(H,19,21)(H,20,23). The third-order valence-corrected chi connectivity index (χ3v) is 3.03. The van der Waals surface area contributed by atoms with E-state index in [0.29, 0.717) is 17.8 Å². The Balaban J connectivity index is 2.36. The Bertz CT molecular complexity index is 786. The molecule has 0 aliphatic rings. The van der Waals surface area contributed by atoms with Crippen LogP contribution in [0.5, 0.6) is 11.5 Å². The van der Waals surface area contributed by atoms with Gasteiger partial charge < -0.3 is 20.5 Å². The summed E-state index contributed by atoms with van der Waals surface area (Å²) < 4.78 is 31.8. The molecule has 0 heterocycles. The Morgan fingerprint density at radius 2 is 1.83 bits per heavy atom. The average Bonchev–Trinajstić information content (AvgIpc) is 2.45. The first-order valence-corrected chi connectivity index (χ1v) is 6.76. The minimum atomic E-state index is -1.21. The highest BCUT2D eigenvalue weighted by molar-refractivity contribution is 6.07. The number of methoxy groups -OCH3 is 1. The van der Waals surface area contributed by atoms with Gasteiger partial charge in [-0.15, -0.1) is 0 Å². The third-order valence-electron chi connectivity index (χ3n) is 3.03. The van der Waals surface area contributed by atoms with Crippen LogP contribution in [0.15, 0.2) is 30.3 Å². The van der Waals surface area contributed by atoms with Gasteiger partial charge >= 0.3 is 0 Å². The molecule has 0 bridgehead atoms. The molecule has 0 radical (unpaired) electrons. The number of anilines is 2. The molecular formula is C16H14F2N2O4. The predicted molar refractivity (Wildman–Crippen MR) is 83.3 cm³/mol. The lowest BCUT2D eigenvalue weighted by Gasteiger charge is -2.13. The van der Waals surface area contributed by atoms with E-state index >= 15 is 0 Å². The molecule has 0 spiro atoms. The Labute approximate surface area is 136 Å². The van der Waals surface area contributed by atoms with Crippen LogP contribution in [-0.4, -0.2) is 24.0 Å². The molecule has 2 aromatic carbocycles. The first-order valence-electron chi connectivity index (χ1n) is 6.76. The van der Waals surface area contributed by atoms with E-state index in [-0.39, 0.29) is 17.3 Å². The van der Waals surface area contributed by atoms with Crippen LogP contribution in [0.4, 0.5) is 20.2 Å². The highest BCUT2D eigenvalue weighted by Gasteiger charge is 2.20. The number of amides is 2. The number of ether oxygens (including phenoxy) is 1. The number of nitrogens with one attached hydrogen (secondary N) is 2. The van der Waals surface area contributed by atoms with Gasteiger partial charge in [0.25, 0.3) is 5.91 Å². The maximum Gasteiger partial charge on any atom is 0.262 e. The fraction of sp³-hybridized carbons (Fsp3) is 0.125. The minimum absolute atomic E-state index is 0.136. The van der Waals surface area contributed by atoms with Crippen molar-refractivity contribution in [3.8, 4) is 11.5 Å². The lowest BCUT2D eigenvalue weighted by Crippen LogP contribution is -2.15. The number of phenols is 1. The van der Waals surface area contributed by atoms with Gasteiger partial charge in [-0.25, -0.2) is 8.78 Å². The minimum Gasteiger partial charge on any atom is -0.507 e. The van der Waals surface area contributed by atoms with Crippen LogP contribution >= 0.6 is 0 Å². The van der Waals surface area contributed by atoms with Gasteiger partial charge in [0.15, 0.2) is 0 Å². The van der Waals surface area contributed by atoms with E-state index in [1.165, 1.54) is 26.2 Å². The summed E-state index contributed by atoms with van der Waals surface area (Å²) >= 11 is 0. The highest BCUT2D eigenvalue weighted by Crippen LogP contribution is 2.30. The summed E-state index contributed by atoms with van der Waals surface area (Å²) in [5.74, 6) is -4.11. The normalized spacial score (nSPS) is 10.2. The number of phenolic OH excluding ortho intramolecular Hbond substituents is 1. The van der Waals surface area contributed by atoms with E-state index in [9.17, 15) is 23.5 Å². The molecule has 24 heavy (non-hydrogen) atoms. The van der Waals surface area contributed by atoms with Gasteiger partial charge in [0.2, 0.25) is 5.91 Å². The molecule has 2 amide bonds. The smallest absolute Gasteiger partial charge is 0.262 e. The topological polar surface area (TPSA) is 87.7 Å². The Morgan fingerprint density at radius 3 is 2.42 bits per heavy atom. The van der Waals surface area contributed by atoms with Crippen molar-refractivity contribution in [2.75, 3.05) is 17.7 Å². The third kappa shape index (κ3) is 3.78. The number of aromatic hydroxyl groups is 1. The van der Waals surface area contributed by atoms with Crippen molar-refractivity contribution < 1.29 is 28.2 Å². The van der Waals surface area contributed by atoms with Crippen LogP contribution in [0.3, 0.4) is 0 Å². The SMILES string of the molecule is COc1ccc(NC(C)=O)cc1NC(=O)c1c(O)cc(F)cc1F. The summed E-state index contributed by atoms with van der Waals surface area (Å²) in [5, 5.41) is 14.5. The summed E-state index contributed by atoms with van der Waals surface area (Å²) in [6.45, 7) is 1.31. The molecule has 0 atom stereocenters. The maximum absolute atomic E-state index is 13.7. The molecule has 3 N–H and O–H groups in total. The Hall–Kier alpha value is -3.16. The fourth-order valence-electron chi connectivity index (χ4n) is 2.06. The van der Waals surface area contributed by atoms with Gasteiger partial charge in [-0.3, -0.25) is 9.59 Å². The number of carbonyl (C=O) groups excluding carboxylic acids is 2. The van der Waals surface area contributed by atoms with Gasteiger partial charge in [0.1, 0.15) is 28.7 Å². The van der Waals surface area contributed by atoms with Crippen LogP contribution in [0.2, 0.25) is 0 Å². The number of rotatable bonds is 4. The van der Waals surface area contributed by atoms with Crippen molar-refractivity contribution in [1.29, 1.82) is 0 Å². The molecule has 2 aromatic rings. The van der Waals surface area contributed by atoms with E-state index in [1.807, 2.05) is 0 Å². The first kappa shape index (κ1) is 17.2. The van der Waals surface area contributed by atoms with Gasteiger partial charge in [0.05, 0.1) is 12.8 Å². The Morgan fingerprint density at radius 1 is 1.12 bits per heavy atom. The van der Waals surface area contributed by atoms with Crippen LogP contribution in [-0.2, 0) is 4.79 Å². The van der Waals surface area contributed by atoms with Crippen molar-refractivity contribution in [3.63, 3.8) is 0 Å². The number of carbonyl (C=O) groups is 2. The van der Waals surface area contributed by atoms with Gasteiger partial charge in [-0.1, -0.05) is 0 Å². The molecule has 0 saturated carbocycles. The van der Waals surface area contributed by atoms with E-state index in [4.69, 9.17) is 4.74 Å². The van der Waals surface area contributed by atoms with Gasteiger partial charge in [-0.05, 0) is 18.2 Å². The molecule has 0 unspecified atom stereocenters. The molecule has 0 aliphatic heterocycles. The zero-order valence-corrected chi connectivity index (χ0v) is 12.8. The second kappa shape index (κ2) is 6.95. The molecular weight excluding hydrogens is 322 g/mol. The summed E-state index contributed by atoms with van der Waals surface area (Å²) in [4.78, 5) is 23.3. The number of hydrogen-bond donors (Lipinski definition) is 3. The van der Waals surface area contributed by atoms with E-state index in [1.54, 1.807) is 6.07 Å². The second-order valence-electron chi connectivity index (χ2n) is 4.83. The van der Waals surface area contributed by atoms with Gasteiger partial charge in [0, 0.05) is 24.7 Å². The molecule has 0 saturated heterocycles. The summed E-state index contributed by atoms with van der Waals surface area (Å²) in [6, 6.07) is 5.55. The van der Waals surface area contributed by atoms with Crippen LogP contribution in [0.1, 0.15) is 17.3 Å². The predicted octanol–water partition coefficient (Wildman–Crippen LogP) is 2.89. The number of halogens is 2. The molecule has 8 heteroatoms. The maximum atomic E-state index is 13.7. The molecule has 126 valence electrons. The van der Waals surface area contributed by atoms with E-state index in [0.717, 1.165) is 0 Å². The van der Waals surface area contributed by atoms with E-state index < -0.39 is 28.9 Å². The molecule has 0 aromatic heterocycles. The number of benzene rings is 2. The molecule has 2 rings (SSSR count). The zero-order chi connectivity index (χ0) is 17.9. The second-order valence-corrected chi connectivity index (χ2v) is 4.83. The lowest BCUT2D eigenvalue weighted by atomic mass is 10.1. The molecule has 6 nitrogen and oxygen atoms in total. The quantitative estimate of drug-likeness (QED) is 0.801. The van der Waals surface area contributed by atoms with Crippen molar-refractivity contribution in [3.05, 3.63) is 47.5 Å². The first-order chi connectivity index (χ1) is 11.3. The molecule has 0 fully saturated rings. The largest absolute Gasteiger partial charge is 0.507 e. The number of hydrogen-bond acceptors (Lipinski definition) is 4. The monoisotopic (exact) mass is 336 g/mol. The van der Waals surface area contributed by atoms with Crippen LogP contribution in [0.25, 0.3) is 0 Å². The molecule has 0 aliphatic carbocycles. The summed E-state index contributed by atoms with van der Waals surface area (Å²) in [7, 11) is 1.36. The summed E-state index contributed by atoms with van der Waals surface area (Å²) in [6.07, 6.45) is 0. The van der Waals surface area contributed by atoms with Crippen molar-refractivity contribution in [2.24, 2.45) is 0 Å². The zero-order valence-electron chi connectivity index (χ0n) is 12.8. The van der Waals surface area contributed by atoms with Gasteiger partial charge in [-0.2, -0.15) is 0 Å². The lowest BCUT2D eigenvalue weighted by molar-refractivity contribution is -0.114. The fourth-order valence-corrected chi connectivity index (χ4v) is 2.06.